The van der Waals surface area contributed by atoms with E-state index in [0.29, 0.717) is 18.4 Å². The normalized spacial score (nSPS) is 21.8. The maximum absolute atomic E-state index is 14.7. The van der Waals surface area contributed by atoms with Crippen LogP contribution in [0.3, 0.4) is 0 Å². The lowest BCUT2D eigenvalue weighted by Crippen LogP contribution is -2.56. The van der Waals surface area contributed by atoms with Gasteiger partial charge in [-0.2, -0.15) is 5.26 Å². The number of rotatable bonds is 5. The standard InChI is InChI=1S/C32H29FN2O3/c33-30-16-20(14-15-34)12-13-28(30)31(36)21-17-22-6-5-7-23(18-21)35(22)32(37)38-19-29-26-10-3-1-8-24(26)25-9-2-4-11-27(25)29/h1-4,8-13,16,21-23,29H,5-7,14,17-19H2. The summed E-state index contributed by atoms with van der Waals surface area (Å²) in [4.78, 5) is 28.6. The molecule has 5 nitrogen and oxygen atoms in total. The molecule has 2 aliphatic heterocycles. The summed E-state index contributed by atoms with van der Waals surface area (Å²) in [6, 6.07) is 22.8. The van der Waals surface area contributed by atoms with E-state index < -0.39 is 5.82 Å². The average molecular weight is 509 g/mol. The molecule has 0 aromatic heterocycles. The van der Waals surface area contributed by atoms with Crippen LogP contribution in [-0.4, -0.2) is 35.5 Å². The molecular weight excluding hydrogens is 479 g/mol. The fraction of sp³-hybridized carbons (Fsp3) is 0.344. The molecule has 3 aromatic rings. The number of halogens is 1. The van der Waals surface area contributed by atoms with Crippen molar-refractivity contribution in [2.75, 3.05) is 6.61 Å². The van der Waals surface area contributed by atoms with Crippen LogP contribution in [0.5, 0.6) is 0 Å². The van der Waals surface area contributed by atoms with Gasteiger partial charge in [0.25, 0.3) is 0 Å². The molecule has 6 rings (SSSR count). The molecule has 2 fully saturated rings. The Kier molecular flexibility index (Phi) is 6.45. The smallest absolute Gasteiger partial charge is 0.410 e. The summed E-state index contributed by atoms with van der Waals surface area (Å²) in [6.45, 7) is 0.269. The number of carbonyl (C=O) groups is 2. The number of hydrogen-bond donors (Lipinski definition) is 0. The lowest BCUT2D eigenvalue weighted by atomic mass is 9.75. The largest absolute Gasteiger partial charge is 0.448 e. The van der Waals surface area contributed by atoms with Gasteiger partial charge in [-0.25, -0.2) is 9.18 Å². The van der Waals surface area contributed by atoms with Crippen molar-refractivity contribution >= 4 is 11.9 Å². The monoisotopic (exact) mass is 508 g/mol. The fourth-order valence-corrected chi connectivity index (χ4v) is 6.74. The summed E-state index contributed by atoms with van der Waals surface area (Å²) in [5, 5.41) is 8.86. The average Bonchev–Trinajstić information content (AvgIpc) is 3.24. The van der Waals surface area contributed by atoms with Crippen molar-refractivity contribution in [1.29, 1.82) is 5.26 Å². The van der Waals surface area contributed by atoms with E-state index in [9.17, 15) is 14.0 Å². The Labute approximate surface area is 221 Å². The van der Waals surface area contributed by atoms with E-state index in [1.165, 1.54) is 34.4 Å². The summed E-state index contributed by atoms with van der Waals surface area (Å²) in [5.74, 6) is -1.13. The molecule has 1 amide bonds. The first kappa shape index (κ1) is 24.4. The fourth-order valence-electron chi connectivity index (χ4n) is 6.74. The minimum Gasteiger partial charge on any atom is -0.448 e. The van der Waals surface area contributed by atoms with Gasteiger partial charge in [0.1, 0.15) is 12.4 Å². The number of nitriles is 1. The number of hydrogen-bond acceptors (Lipinski definition) is 4. The van der Waals surface area contributed by atoms with Crippen molar-refractivity contribution in [3.05, 3.63) is 94.8 Å². The molecule has 3 aromatic carbocycles. The summed E-state index contributed by atoms with van der Waals surface area (Å²) in [5.41, 5.74) is 5.36. The third-order valence-corrected chi connectivity index (χ3v) is 8.47. The highest BCUT2D eigenvalue weighted by Gasteiger charge is 2.44. The zero-order valence-corrected chi connectivity index (χ0v) is 21.1. The number of fused-ring (bicyclic) bond motifs is 5. The predicted molar refractivity (Wildman–Crippen MR) is 141 cm³/mol. The van der Waals surface area contributed by atoms with Gasteiger partial charge in [0.15, 0.2) is 5.78 Å². The number of Topliss-reactive ketones (excluding diaryl/α,β-unsaturated/α-hetero) is 1. The Balaban J connectivity index is 1.15. The molecule has 0 N–H and O–H groups in total. The van der Waals surface area contributed by atoms with E-state index in [2.05, 4.69) is 24.3 Å². The number of nitrogens with zero attached hydrogens (tertiary/aromatic N) is 2. The SMILES string of the molecule is N#CCc1ccc(C(=O)C2CC3CCCC(C2)N3C(=O)OCC2c3ccccc3-c3ccccc32)c(F)c1. The molecule has 0 spiro atoms. The van der Waals surface area contributed by atoms with Crippen LogP contribution in [0.15, 0.2) is 66.7 Å². The molecular formula is C32H29FN2O3. The first-order chi connectivity index (χ1) is 18.5. The second kappa shape index (κ2) is 10.1. The highest BCUT2D eigenvalue weighted by atomic mass is 19.1. The van der Waals surface area contributed by atoms with Crippen molar-refractivity contribution in [3.8, 4) is 17.2 Å². The highest BCUT2D eigenvalue weighted by Crippen LogP contribution is 2.45. The van der Waals surface area contributed by atoms with Gasteiger partial charge < -0.3 is 9.64 Å². The third-order valence-electron chi connectivity index (χ3n) is 8.47. The van der Waals surface area contributed by atoms with Crippen LogP contribution in [0.2, 0.25) is 0 Å². The molecule has 2 atom stereocenters. The molecule has 2 unspecified atom stereocenters. The maximum Gasteiger partial charge on any atom is 0.410 e. The lowest BCUT2D eigenvalue weighted by molar-refractivity contribution is 0.00642. The minimum absolute atomic E-state index is 0.00251. The van der Waals surface area contributed by atoms with Gasteiger partial charge in [-0.15, -0.1) is 0 Å². The van der Waals surface area contributed by atoms with E-state index in [1.807, 2.05) is 35.2 Å². The van der Waals surface area contributed by atoms with Crippen LogP contribution in [0, 0.1) is 23.1 Å². The van der Waals surface area contributed by atoms with E-state index >= 15 is 0 Å². The second-order valence-corrected chi connectivity index (χ2v) is 10.6. The van der Waals surface area contributed by atoms with Gasteiger partial charge in [-0.1, -0.05) is 54.6 Å². The summed E-state index contributed by atoms with van der Waals surface area (Å²) >= 11 is 0. The Bertz CT molecular complexity index is 1390. The Morgan fingerprint density at radius 3 is 2.18 bits per heavy atom. The first-order valence-corrected chi connectivity index (χ1v) is 13.4. The number of ether oxygens (including phenoxy) is 1. The Morgan fingerprint density at radius 2 is 1.58 bits per heavy atom. The Morgan fingerprint density at radius 1 is 0.947 bits per heavy atom. The van der Waals surface area contributed by atoms with Crippen LogP contribution < -0.4 is 0 Å². The number of amides is 1. The van der Waals surface area contributed by atoms with E-state index in [-0.39, 0.29) is 54.4 Å². The van der Waals surface area contributed by atoms with Crippen LogP contribution in [0.25, 0.3) is 11.1 Å². The van der Waals surface area contributed by atoms with Gasteiger partial charge >= 0.3 is 6.09 Å². The number of benzene rings is 3. The van der Waals surface area contributed by atoms with Crippen molar-refractivity contribution in [1.82, 2.24) is 4.90 Å². The van der Waals surface area contributed by atoms with Crippen molar-refractivity contribution in [2.45, 2.75) is 56.5 Å². The summed E-state index contributed by atoms with van der Waals surface area (Å²) < 4.78 is 20.7. The summed E-state index contributed by atoms with van der Waals surface area (Å²) in [7, 11) is 0. The van der Waals surface area contributed by atoms with Crippen LogP contribution >= 0.6 is 0 Å². The quantitative estimate of drug-likeness (QED) is 0.362. The molecule has 6 heteroatoms. The molecule has 192 valence electrons. The van der Waals surface area contributed by atoms with E-state index in [0.717, 1.165) is 19.3 Å². The molecule has 2 heterocycles. The predicted octanol–water partition coefficient (Wildman–Crippen LogP) is 6.66. The van der Waals surface area contributed by atoms with E-state index in [4.69, 9.17) is 10.00 Å². The van der Waals surface area contributed by atoms with Gasteiger partial charge in [0.05, 0.1) is 18.1 Å². The maximum atomic E-state index is 14.7. The van der Waals surface area contributed by atoms with Crippen LogP contribution in [-0.2, 0) is 11.2 Å². The second-order valence-electron chi connectivity index (χ2n) is 10.6. The Hall–Kier alpha value is -3.98. The van der Waals surface area contributed by atoms with Gasteiger partial charge in [-0.3, -0.25) is 4.79 Å². The molecule has 2 bridgehead atoms. The molecule has 3 aliphatic rings. The molecule has 0 radical (unpaired) electrons. The molecule has 2 saturated heterocycles. The van der Waals surface area contributed by atoms with Gasteiger partial charge in [0, 0.05) is 23.9 Å². The zero-order valence-electron chi connectivity index (χ0n) is 21.1. The third kappa shape index (κ3) is 4.26. The number of ketones is 1. The van der Waals surface area contributed by atoms with Crippen LogP contribution in [0.4, 0.5) is 9.18 Å². The minimum atomic E-state index is -0.577. The van der Waals surface area contributed by atoms with Gasteiger partial charge in [0.2, 0.25) is 0 Å². The van der Waals surface area contributed by atoms with Crippen molar-refractivity contribution in [3.63, 3.8) is 0 Å². The van der Waals surface area contributed by atoms with Gasteiger partial charge in [-0.05, 0) is 72.1 Å². The van der Waals surface area contributed by atoms with Crippen molar-refractivity contribution in [2.24, 2.45) is 5.92 Å². The van der Waals surface area contributed by atoms with Crippen molar-refractivity contribution < 1.29 is 18.7 Å². The molecule has 0 saturated carbocycles. The lowest BCUT2D eigenvalue weighted by Gasteiger charge is -2.47. The molecule has 38 heavy (non-hydrogen) atoms. The highest BCUT2D eigenvalue weighted by molar-refractivity contribution is 5.98. The zero-order chi connectivity index (χ0) is 26.2. The molecule has 1 aliphatic carbocycles. The first-order valence-electron chi connectivity index (χ1n) is 13.4. The van der Waals surface area contributed by atoms with Crippen LogP contribution in [0.1, 0.15) is 65.1 Å². The number of carbonyl (C=O) groups excluding carboxylic acids is 2. The van der Waals surface area contributed by atoms with E-state index in [1.54, 1.807) is 6.07 Å². The topological polar surface area (TPSA) is 70.4 Å². The number of piperidine rings is 2. The summed E-state index contributed by atoms with van der Waals surface area (Å²) in [6.07, 6.45) is 3.44.